The third-order valence-corrected chi connectivity index (χ3v) is 9.36. The molecule has 0 saturated heterocycles. The number of fused-ring (bicyclic) bond motifs is 5. The van der Waals surface area contributed by atoms with Gasteiger partial charge in [0.25, 0.3) is 0 Å². The lowest BCUT2D eigenvalue weighted by atomic mass is 9.43. The van der Waals surface area contributed by atoms with Gasteiger partial charge in [0.1, 0.15) is 0 Å². The van der Waals surface area contributed by atoms with Gasteiger partial charge < -0.3 is 9.84 Å². The van der Waals surface area contributed by atoms with Gasteiger partial charge >= 0.3 is 0 Å². The normalized spacial score (nSPS) is 59.1. The van der Waals surface area contributed by atoms with Crippen LogP contribution in [0.25, 0.3) is 0 Å². The summed E-state index contributed by atoms with van der Waals surface area (Å²) in [5.74, 6) is 3.93. The van der Waals surface area contributed by atoms with Crippen LogP contribution in [0, 0.1) is 40.4 Å². The van der Waals surface area contributed by atoms with E-state index in [4.69, 9.17) is 4.74 Å². The summed E-state index contributed by atoms with van der Waals surface area (Å²) in [4.78, 5) is 0. The van der Waals surface area contributed by atoms with Crippen LogP contribution in [0.5, 0.6) is 0 Å². The minimum atomic E-state index is -0.0529. The summed E-state index contributed by atoms with van der Waals surface area (Å²) >= 11 is 0. The van der Waals surface area contributed by atoms with E-state index in [-0.39, 0.29) is 6.10 Å². The standard InChI is InChI=1S/C21H36O2/c1-13-15-6-5-14-16-7-8-19(23-4)21(16,3)11-9-17(14)20(15,2)12-10-18(13)22/h13-19,22H,5-12H2,1-4H3/t13-,14+,15+,16+,17+,18-,19+,20+,21+/m1/s1. The number of hydrogen-bond acceptors (Lipinski definition) is 2. The smallest absolute Gasteiger partial charge is 0.0627 e. The van der Waals surface area contributed by atoms with Crippen molar-refractivity contribution in [3.8, 4) is 0 Å². The van der Waals surface area contributed by atoms with E-state index in [9.17, 15) is 5.11 Å². The van der Waals surface area contributed by atoms with Crippen LogP contribution in [-0.4, -0.2) is 24.4 Å². The van der Waals surface area contributed by atoms with Crippen LogP contribution in [0.3, 0.4) is 0 Å². The molecule has 0 aromatic carbocycles. The van der Waals surface area contributed by atoms with Gasteiger partial charge in [0.05, 0.1) is 12.2 Å². The molecule has 2 nitrogen and oxygen atoms in total. The van der Waals surface area contributed by atoms with E-state index in [1.165, 1.54) is 44.9 Å². The fourth-order valence-corrected chi connectivity index (χ4v) is 8.05. The molecular formula is C21H36O2. The second kappa shape index (κ2) is 5.46. The van der Waals surface area contributed by atoms with Gasteiger partial charge in [-0.2, -0.15) is 0 Å². The van der Waals surface area contributed by atoms with Crippen LogP contribution in [0.15, 0.2) is 0 Å². The Labute approximate surface area is 142 Å². The average molecular weight is 321 g/mol. The summed E-state index contributed by atoms with van der Waals surface area (Å²) in [5, 5.41) is 10.4. The molecule has 0 unspecified atom stereocenters. The summed E-state index contributed by atoms with van der Waals surface area (Å²) in [6.07, 6.45) is 10.9. The Morgan fingerprint density at radius 2 is 1.48 bits per heavy atom. The number of methoxy groups -OCH3 is 1. The monoisotopic (exact) mass is 320 g/mol. The van der Waals surface area contributed by atoms with Crippen molar-refractivity contribution in [2.24, 2.45) is 40.4 Å². The molecule has 9 atom stereocenters. The number of ether oxygens (including phenoxy) is 1. The number of aliphatic hydroxyl groups is 1. The van der Waals surface area contributed by atoms with Gasteiger partial charge in [0, 0.05) is 7.11 Å². The van der Waals surface area contributed by atoms with E-state index in [0.29, 0.717) is 22.9 Å². The van der Waals surface area contributed by atoms with Gasteiger partial charge in [0.2, 0.25) is 0 Å². The summed E-state index contributed by atoms with van der Waals surface area (Å²) in [5.41, 5.74) is 0.910. The molecule has 4 aliphatic carbocycles. The van der Waals surface area contributed by atoms with Crippen LogP contribution in [-0.2, 0) is 4.74 Å². The lowest BCUT2D eigenvalue weighted by Crippen LogP contribution is -2.56. The molecule has 0 heterocycles. The van der Waals surface area contributed by atoms with Gasteiger partial charge in [-0.3, -0.25) is 0 Å². The van der Waals surface area contributed by atoms with Gasteiger partial charge in [-0.15, -0.1) is 0 Å². The van der Waals surface area contributed by atoms with Crippen LogP contribution in [0.4, 0.5) is 0 Å². The Morgan fingerprint density at radius 1 is 0.826 bits per heavy atom. The summed E-state index contributed by atoms with van der Waals surface area (Å²) in [6.45, 7) is 7.43. The lowest BCUT2D eigenvalue weighted by molar-refractivity contribution is -0.154. The first-order chi connectivity index (χ1) is 10.9. The van der Waals surface area contributed by atoms with E-state index in [1.54, 1.807) is 0 Å². The average Bonchev–Trinajstić information content (AvgIpc) is 2.88. The van der Waals surface area contributed by atoms with E-state index >= 15 is 0 Å². The van der Waals surface area contributed by atoms with E-state index in [2.05, 4.69) is 20.8 Å². The van der Waals surface area contributed by atoms with Gasteiger partial charge in [-0.25, -0.2) is 0 Å². The molecule has 4 fully saturated rings. The zero-order chi connectivity index (χ0) is 16.4. The van der Waals surface area contributed by atoms with Crippen LogP contribution in [0.1, 0.15) is 72.1 Å². The Bertz CT molecular complexity index is 463. The molecule has 0 spiro atoms. The highest BCUT2D eigenvalue weighted by molar-refractivity contribution is 5.10. The lowest BCUT2D eigenvalue weighted by Gasteiger charge is -2.62. The fourth-order valence-electron chi connectivity index (χ4n) is 8.05. The van der Waals surface area contributed by atoms with Crippen molar-refractivity contribution in [3.05, 3.63) is 0 Å². The largest absolute Gasteiger partial charge is 0.393 e. The Morgan fingerprint density at radius 3 is 2.22 bits per heavy atom. The highest BCUT2D eigenvalue weighted by Crippen LogP contribution is 2.67. The third-order valence-electron chi connectivity index (χ3n) is 9.36. The van der Waals surface area contributed by atoms with Crippen molar-refractivity contribution in [1.29, 1.82) is 0 Å². The predicted molar refractivity (Wildman–Crippen MR) is 93.1 cm³/mol. The first-order valence-electron chi connectivity index (χ1n) is 10.1. The molecule has 0 aromatic heterocycles. The first-order valence-corrected chi connectivity index (χ1v) is 10.1. The molecule has 0 aliphatic heterocycles. The molecule has 4 rings (SSSR count). The molecule has 2 heteroatoms. The molecule has 1 N–H and O–H groups in total. The van der Waals surface area contributed by atoms with Crippen LogP contribution < -0.4 is 0 Å². The van der Waals surface area contributed by atoms with Crippen molar-refractivity contribution in [1.82, 2.24) is 0 Å². The number of aliphatic hydroxyl groups excluding tert-OH is 1. The molecular weight excluding hydrogens is 284 g/mol. The SMILES string of the molecule is CO[C@H]1CC[C@H]2[C@@H]3CC[C@H]4[C@@H](C)[C@H](O)CC[C@]4(C)[C@H]3CC[C@]12C. The predicted octanol–water partition coefficient (Wildman–Crippen LogP) is 4.65. The second-order valence-corrected chi connectivity index (χ2v) is 9.88. The molecule has 4 aliphatic rings. The van der Waals surface area contributed by atoms with Crippen molar-refractivity contribution in [2.75, 3.05) is 7.11 Å². The maximum atomic E-state index is 10.4. The molecule has 132 valence electrons. The Hall–Kier alpha value is -0.0800. The molecule has 0 radical (unpaired) electrons. The van der Waals surface area contributed by atoms with Gasteiger partial charge in [0.15, 0.2) is 0 Å². The van der Waals surface area contributed by atoms with Crippen LogP contribution >= 0.6 is 0 Å². The van der Waals surface area contributed by atoms with Gasteiger partial charge in [-0.1, -0.05) is 20.8 Å². The molecule has 23 heavy (non-hydrogen) atoms. The highest BCUT2D eigenvalue weighted by Gasteiger charge is 2.61. The zero-order valence-corrected chi connectivity index (χ0v) is 15.6. The van der Waals surface area contributed by atoms with Crippen molar-refractivity contribution >= 4 is 0 Å². The second-order valence-electron chi connectivity index (χ2n) is 9.88. The van der Waals surface area contributed by atoms with Crippen molar-refractivity contribution in [3.63, 3.8) is 0 Å². The minimum Gasteiger partial charge on any atom is -0.393 e. The topological polar surface area (TPSA) is 29.5 Å². The number of rotatable bonds is 1. The first kappa shape index (κ1) is 16.4. The Balaban J connectivity index is 1.62. The zero-order valence-electron chi connectivity index (χ0n) is 15.6. The third kappa shape index (κ3) is 2.13. The molecule has 0 aromatic rings. The van der Waals surface area contributed by atoms with E-state index in [1.807, 2.05) is 7.11 Å². The molecule has 0 amide bonds. The quantitative estimate of drug-likeness (QED) is 0.762. The summed E-state index contributed by atoms with van der Waals surface area (Å²) < 4.78 is 5.89. The summed E-state index contributed by atoms with van der Waals surface area (Å²) in [7, 11) is 1.92. The Kier molecular flexibility index (Phi) is 3.89. The summed E-state index contributed by atoms with van der Waals surface area (Å²) in [6, 6.07) is 0. The fraction of sp³-hybridized carbons (Fsp3) is 1.00. The maximum absolute atomic E-state index is 10.4. The minimum absolute atomic E-state index is 0.0529. The van der Waals surface area contributed by atoms with E-state index < -0.39 is 0 Å². The highest BCUT2D eigenvalue weighted by atomic mass is 16.5. The molecule has 0 bridgehead atoms. The van der Waals surface area contributed by atoms with Crippen LogP contribution in [0.2, 0.25) is 0 Å². The maximum Gasteiger partial charge on any atom is 0.0627 e. The number of hydrogen-bond donors (Lipinski definition) is 1. The van der Waals surface area contributed by atoms with Gasteiger partial charge in [-0.05, 0) is 91.8 Å². The van der Waals surface area contributed by atoms with Crippen molar-refractivity contribution < 1.29 is 9.84 Å². The van der Waals surface area contributed by atoms with Crippen molar-refractivity contribution in [2.45, 2.75) is 84.3 Å². The molecule has 4 saturated carbocycles. The van der Waals surface area contributed by atoms with E-state index in [0.717, 1.165) is 30.1 Å².